The SMILES string of the molecule is CC(NCc1cc(C(F)(F)F)cc(C(F)(F)F)c1)c1nc(N(C)C)nn1-c1ncc(Cl)cn1. The fraction of sp³-hybridized carbons (Fsp3) is 0.368. The number of hydrogen-bond donors (Lipinski definition) is 1. The maximum Gasteiger partial charge on any atom is 0.416 e. The third kappa shape index (κ3) is 5.90. The van der Waals surface area contributed by atoms with Gasteiger partial charge in [-0.2, -0.15) is 36.0 Å². The molecular weight excluding hydrogens is 476 g/mol. The molecule has 0 amide bonds. The van der Waals surface area contributed by atoms with Crippen LogP contribution in [0.1, 0.15) is 35.5 Å². The Balaban J connectivity index is 1.91. The van der Waals surface area contributed by atoms with Crippen LogP contribution in [0.4, 0.5) is 32.3 Å². The number of hydrogen-bond acceptors (Lipinski definition) is 6. The zero-order chi connectivity index (χ0) is 24.6. The highest BCUT2D eigenvalue weighted by Crippen LogP contribution is 2.36. The van der Waals surface area contributed by atoms with Gasteiger partial charge in [-0.05, 0) is 30.7 Å². The van der Waals surface area contributed by atoms with Crippen LogP contribution in [0.3, 0.4) is 0 Å². The Morgan fingerprint density at radius 3 is 2.03 bits per heavy atom. The summed E-state index contributed by atoms with van der Waals surface area (Å²) in [7, 11) is 3.40. The molecule has 0 saturated heterocycles. The molecule has 2 heterocycles. The van der Waals surface area contributed by atoms with Crippen molar-refractivity contribution in [3.63, 3.8) is 0 Å². The van der Waals surface area contributed by atoms with Crippen LogP contribution in [0.5, 0.6) is 0 Å². The summed E-state index contributed by atoms with van der Waals surface area (Å²) in [5.74, 6) is 0.738. The van der Waals surface area contributed by atoms with Crippen molar-refractivity contribution >= 4 is 17.5 Å². The van der Waals surface area contributed by atoms with E-state index in [-0.39, 0.29) is 24.1 Å². The summed E-state index contributed by atoms with van der Waals surface area (Å²) in [4.78, 5) is 14.2. The zero-order valence-corrected chi connectivity index (χ0v) is 18.3. The van der Waals surface area contributed by atoms with E-state index in [0.717, 1.165) is 0 Å². The fourth-order valence-electron chi connectivity index (χ4n) is 2.83. The lowest BCUT2D eigenvalue weighted by molar-refractivity contribution is -0.143. The van der Waals surface area contributed by atoms with E-state index >= 15 is 0 Å². The van der Waals surface area contributed by atoms with Crippen LogP contribution in [-0.2, 0) is 18.9 Å². The molecule has 1 N–H and O–H groups in total. The molecule has 0 saturated carbocycles. The Bertz CT molecular complexity index is 1080. The number of benzene rings is 1. The van der Waals surface area contributed by atoms with Crippen molar-refractivity contribution in [3.8, 4) is 5.95 Å². The Morgan fingerprint density at radius 2 is 1.55 bits per heavy atom. The van der Waals surface area contributed by atoms with E-state index in [1.54, 1.807) is 25.9 Å². The number of nitrogens with zero attached hydrogens (tertiary/aromatic N) is 6. The van der Waals surface area contributed by atoms with Gasteiger partial charge in [0, 0.05) is 20.6 Å². The van der Waals surface area contributed by atoms with Crippen LogP contribution in [0.25, 0.3) is 5.95 Å². The Morgan fingerprint density at radius 1 is 1.00 bits per heavy atom. The second-order valence-corrected chi connectivity index (χ2v) is 7.73. The van der Waals surface area contributed by atoms with Crippen molar-refractivity contribution in [1.29, 1.82) is 0 Å². The van der Waals surface area contributed by atoms with Gasteiger partial charge in [0.25, 0.3) is 5.95 Å². The molecule has 0 radical (unpaired) electrons. The summed E-state index contributed by atoms with van der Waals surface area (Å²) in [6.07, 6.45) is -7.14. The first kappa shape index (κ1) is 24.7. The molecule has 1 atom stereocenters. The molecular formula is C19H18ClF6N7. The van der Waals surface area contributed by atoms with Gasteiger partial charge in [0.05, 0.1) is 34.6 Å². The highest BCUT2D eigenvalue weighted by atomic mass is 35.5. The first-order chi connectivity index (χ1) is 15.3. The van der Waals surface area contributed by atoms with Gasteiger partial charge in [-0.15, -0.1) is 5.10 Å². The van der Waals surface area contributed by atoms with Gasteiger partial charge in [0.15, 0.2) is 5.82 Å². The van der Waals surface area contributed by atoms with Crippen LogP contribution >= 0.6 is 11.6 Å². The molecule has 0 aliphatic rings. The number of rotatable bonds is 6. The summed E-state index contributed by atoms with van der Waals surface area (Å²) < 4.78 is 80.0. The van der Waals surface area contributed by atoms with Gasteiger partial charge in [-0.3, -0.25) is 0 Å². The second-order valence-electron chi connectivity index (χ2n) is 7.29. The summed E-state index contributed by atoms with van der Waals surface area (Å²) in [5, 5.41) is 7.49. The van der Waals surface area contributed by atoms with Crippen molar-refractivity contribution in [1.82, 2.24) is 30.0 Å². The van der Waals surface area contributed by atoms with E-state index in [4.69, 9.17) is 11.6 Å². The van der Waals surface area contributed by atoms with Crippen LogP contribution in [0, 0.1) is 0 Å². The minimum absolute atomic E-state index is 0.0881. The summed E-state index contributed by atoms with van der Waals surface area (Å²) in [6.45, 7) is 1.34. The third-order valence-electron chi connectivity index (χ3n) is 4.46. The Hall–Kier alpha value is -2.93. The summed E-state index contributed by atoms with van der Waals surface area (Å²) in [6, 6.07) is 0.792. The zero-order valence-electron chi connectivity index (χ0n) is 17.5. The average molecular weight is 494 g/mol. The molecule has 14 heteroatoms. The largest absolute Gasteiger partial charge is 0.416 e. The van der Waals surface area contributed by atoms with Gasteiger partial charge < -0.3 is 10.2 Å². The fourth-order valence-corrected chi connectivity index (χ4v) is 2.93. The topological polar surface area (TPSA) is 71.8 Å². The van der Waals surface area contributed by atoms with E-state index in [0.29, 0.717) is 28.9 Å². The molecule has 2 aromatic heterocycles. The van der Waals surface area contributed by atoms with E-state index in [1.165, 1.54) is 17.1 Å². The molecule has 0 aliphatic carbocycles. The first-order valence-corrected chi connectivity index (χ1v) is 9.77. The highest BCUT2D eigenvalue weighted by Gasteiger charge is 2.37. The molecule has 33 heavy (non-hydrogen) atoms. The Kier molecular flexibility index (Phi) is 6.84. The van der Waals surface area contributed by atoms with E-state index in [2.05, 4.69) is 25.4 Å². The number of halogens is 7. The van der Waals surface area contributed by atoms with E-state index in [1.807, 2.05) is 0 Å². The van der Waals surface area contributed by atoms with Crippen LogP contribution < -0.4 is 10.2 Å². The standard InChI is InChI=1S/C19H18ClF6N7/c1-10(15-30-17(32(2)3)31-33(15)16-28-8-14(20)9-29-16)27-7-11-4-12(18(21,22)23)6-13(5-11)19(24,25)26/h4-6,8-10,27H,7H2,1-3H3. The average Bonchev–Trinajstić information content (AvgIpc) is 3.17. The quantitative estimate of drug-likeness (QED) is 0.503. The molecule has 0 spiro atoms. The lowest BCUT2D eigenvalue weighted by atomic mass is 10.0. The molecule has 0 fully saturated rings. The minimum Gasteiger partial charge on any atom is -0.346 e. The highest BCUT2D eigenvalue weighted by molar-refractivity contribution is 6.30. The Labute approximate surface area is 189 Å². The number of anilines is 1. The van der Waals surface area contributed by atoms with Gasteiger partial charge >= 0.3 is 12.4 Å². The molecule has 0 bridgehead atoms. The van der Waals surface area contributed by atoms with Gasteiger partial charge in [0.1, 0.15) is 0 Å². The predicted molar refractivity (Wildman–Crippen MR) is 108 cm³/mol. The summed E-state index contributed by atoms with van der Waals surface area (Å²) in [5.41, 5.74) is -2.95. The van der Waals surface area contributed by atoms with Gasteiger partial charge in [-0.25, -0.2) is 9.97 Å². The van der Waals surface area contributed by atoms with Crippen LogP contribution in [0.15, 0.2) is 30.6 Å². The number of alkyl halides is 6. The third-order valence-corrected chi connectivity index (χ3v) is 4.66. The van der Waals surface area contributed by atoms with Crippen LogP contribution in [0.2, 0.25) is 5.02 Å². The second kappa shape index (κ2) is 9.14. The maximum atomic E-state index is 13.1. The monoisotopic (exact) mass is 493 g/mol. The predicted octanol–water partition coefficient (Wildman–Crippen LogP) is 4.67. The van der Waals surface area contributed by atoms with Gasteiger partial charge in [0.2, 0.25) is 5.95 Å². The molecule has 3 rings (SSSR count). The summed E-state index contributed by atoms with van der Waals surface area (Å²) >= 11 is 5.81. The smallest absolute Gasteiger partial charge is 0.346 e. The molecule has 1 aromatic carbocycles. The maximum absolute atomic E-state index is 13.1. The van der Waals surface area contributed by atoms with Crippen molar-refractivity contribution in [2.24, 2.45) is 0 Å². The molecule has 1 unspecified atom stereocenters. The van der Waals surface area contributed by atoms with Crippen molar-refractivity contribution in [2.45, 2.75) is 31.9 Å². The lowest BCUT2D eigenvalue weighted by Crippen LogP contribution is -2.23. The molecule has 7 nitrogen and oxygen atoms in total. The first-order valence-electron chi connectivity index (χ1n) is 9.39. The molecule has 3 aromatic rings. The normalized spacial score (nSPS) is 13.3. The minimum atomic E-state index is -4.92. The van der Waals surface area contributed by atoms with E-state index in [9.17, 15) is 26.3 Å². The van der Waals surface area contributed by atoms with Gasteiger partial charge in [-0.1, -0.05) is 11.6 Å². The number of nitrogens with one attached hydrogen (secondary N) is 1. The van der Waals surface area contributed by atoms with Crippen molar-refractivity contribution in [2.75, 3.05) is 19.0 Å². The molecule has 178 valence electrons. The van der Waals surface area contributed by atoms with Crippen molar-refractivity contribution in [3.05, 3.63) is 58.1 Å². The van der Waals surface area contributed by atoms with E-state index < -0.39 is 29.5 Å². The number of aromatic nitrogens is 5. The molecule has 0 aliphatic heterocycles. The van der Waals surface area contributed by atoms with Crippen LogP contribution in [-0.4, -0.2) is 38.8 Å². The van der Waals surface area contributed by atoms with Crippen molar-refractivity contribution < 1.29 is 26.3 Å². The lowest BCUT2D eigenvalue weighted by Gasteiger charge is -2.17.